The van der Waals surface area contributed by atoms with E-state index in [1.165, 1.54) is 22.1 Å². The number of ether oxygens (including phenoxy) is 1. The third-order valence-electron chi connectivity index (χ3n) is 7.89. The first-order valence-electron chi connectivity index (χ1n) is 14.2. The van der Waals surface area contributed by atoms with Crippen molar-refractivity contribution in [3.05, 3.63) is 106 Å². The van der Waals surface area contributed by atoms with E-state index in [0.717, 1.165) is 28.0 Å². The van der Waals surface area contributed by atoms with Gasteiger partial charge in [0, 0.05) is 40.8 Å². The van der Waals surface area contributed by atoms with E-state index >= 15 is 0 Å². The molecule has 216 valence electrons. The second kappa shape index (κ2) is 12.4. The van der Waals surface area contributed by atoms with Crippen LogP contribution < -0.4 is 10.1 Å². The predicted octanol–water partition coefficient (Wildman–Crippen LogP) is 8.89. The molecule has 5 nitrogen and oxygen atoms in total. The highest BCUT2D eigenvalue weighted by Crippen LogP contribution is 2.32. The van der Waals surface area contributed by atoms with Crippen LogP contribution in [-0.2, 0) is 11.3 Å². The van der Waals surface area contributed by atoms with Crippen molar-refractivity contribution < 1.29 is 14.6 Å². The summed E-state index contributed by atoms with van der Waals surface area (Å²) in [5.74, 6) is -0.336. The summed E-state index contributed by atoms with van der Waals surface area (Å²) in [6.07, 6.45) is -0.971. The Morgan fingerprint density at radius 1 is 1.00 bits per heavy atom. The van der Waals surface area contributed by atoms with Crippen LogP contribution in [0, 0.1) is 19.8 Å². The van der Waals surface area contributed by atoms with Gasteiger partial charge in [-0.25, -0.2) is 4.79 Å². The summed E-state index contributed by atoms with van der Waals surface area (Å²) in [6, 6.07) is 20.9. The topological polar surface area (TPSA) is 63.5 Å². The molecule has 0 aliphatic rings. The molecule has 2 atom stereocenters. The van der Waals surface area contributed by atoms with Crippen molar-refractivity contribution in [3.8, 4) is 5.75 Å². The zero-order valence-electron chi connectivity index (χ0n) is 25.1. The molecule has 41 heavy (non-hydrogen) atoms. The van der Waals surface area contributed by atoms with Crippen LogP contribution in [0.15, 0.2) is 67.2 Å². The van der Waals surface area contributed by atoms with Crippen molar-refractivity contribution >= 4 is 34.2 Å². The van der Waals surface area contributed by atoms with Gasteiger partial charge < -0.3 is 19.7 Å². The molecule has 0 aliphatic carbocycles. The highest BCUT2D eigenvalue weighted by Gasteiger charge is 2.24. The predicted molar refractivity (Wildman–Crippen MR) is 170 cm³/mol. The number of nitrogens with zero attached hydrogens (tertiary/aromatic N) is 1. The largest absolute Gasteiger partial charge is 0.478 e. The summed E-state index contributed by atoms with van der Waals surface area (Å²) in [4.78, 5) is 11.7. The van der Waals surface area contributed by atoms with Gasteiger partial charge in [0.2, 0.25) is 0 Å². The van der Waals surface area contributed by atoms with Crippen LogP contribution in [0.3, 0.4) is 0 Å². The van der Waals surface area contributed by atoms with Crippen molar-refractivity contribution in [2.45, 2.75) is 73.1 Å². The summed E-state index contributed by atoms with van der Waals surface area (Å²) in [5, 5.41) is 14.7. The zero-order chi connectivity index (χ0) is 30.0. The van der Waals surface area contributed by atoms with Crippen molar-refractivity contribution in [1.29, 1.82) is 0 Å². The summed E-state index contributed by atoms with van der Waals surface area (Å²) >= 11 is 6.39. The second-order valence-corrected chi connectivity index (χ2v) is 12.0. The maximum absolute atomic E-state index is 11.7. The minimum Gasteiger partial charge on any atom is -0.478 e. The molecule has 0 aliphatic heterocycles. The monoisotopic (exact) mass is 572 g/mol. The van der Waals surface area contributed by atoms with E-state index in [1.54, 1.807) is 6.07 Å². The summed E-state index contributed by atoms with van der Waals surface area (Å²) < 4.78 is 8.11. The van der Waals surface area contributed by atoms with E-state index in [1.807, 2.05) is 26.0 Å². The fourth-order valence-corrected chi connectivity index (χ4v) is 5.35. The minimum absolute atomic E-state index is 0.127. The van der Waals surface area contributed by atoms with Gasteiger partial charge in [0.15, 0.2) is 6.10 Å². The number of aryl methyl sites for hydroxylation is 1. The number of fused-ring (bicyclic) bond motifs is 1. The highest BCUT2D eigenvalue weighted by molar-refractivity contribution is 6.32. The van der Waals surface area contributed by atoms with Crippen molar-refractivity contribution in [2.75, 3.05) is 0 Å². The van der Waals surface area contributed by atoms with Gasteiger partial charge in [-0.3, -0.25) is 0 Å². The SMILES string of the molecule is C=C(N[C@@H](C)c1cccc(C(C)C)c1)c1ccc2c(c1)c(C)c(C)n2Cc1ccc(Cl)c(O[C@H](C(=O)O)C(C)C)c1. The Kier molecular flexibility index (Phi) is 9.18. The second-order valence-electron chi connectivity index (χ2n) is 11.6. The van der Waals surface area contributed by atoms with Crippen molar-refractivity contribution in [2.24, 2.45) is 5.92 Å². The number of nitrogens with one attached hydrogen (secondary N) is 1. The number of carboxylic acid groups (broad SMARTS) is 1. The highest BCUT2D eigenvalue weighted by atomic mass is 35.5. The minimum atomic E-state index is -1.00. The average Bonchev–Trinajstić information content (AvgIpc) is 3.16. The number of halogens is 1. The molecular formula is C35H41ClN2O3. The number of hydrogen-bond donors (Lipinski definition) is 2. The third kappa shape index (κ3) is 6.62. The molecular weight excluding hydrogens is 532 g/mol. The maximum Gasteiger partial charge on any atom is 0.345 e. The van der Waals surface area contributed by atoms with Gasteiger partial charge in [-0.2, -0.15) is 0 Å². The number of carboxylic acids is 1. The molecule has 3 aromatic carbocycles. The van der Waals surface area contributed by atoms with Gasteiger partial charge in [0.25, 0.3) is 0 Å². The lowest BCUT2D eigenvalue weighted by atomic mass is 9.98. The van der Waals surface area contributed by atoms with E-state index in [2.05, 4.69) is 93.5 Å². The van der Waals surface area contributed by atoms with Gasteiger partial charge in [0.1, 0.15) is 5.75 Å². The molecule has 0 fully saturated rings. The van der Waals surface area contributed by atoms with Gasteiger partial charge in [-0.1, -0.05) is 82.3 Å². The normalized spacial score (nSPS) is 13.0. The standard InChI is InChI=1S/C35H41ClN2O3/c1-20(2)27-10-9-11-28(17-27)23(6)37-24(7)29-13-15-32-30(18-29)22(5)25(8)38(32)19-26-12-14-31(36)33(16-26)41-34(21(3)4)35(39)40/h9-18,20-21,23,34,37H,7,19H2,1-6,8H3,(H,39,40)/t23-,34-/m0/s1. The van der Waals surface area contributed by atoms with E-state index in [4.69, 9.17) is 16.3 Å². The van der Waals surface area contributed by atoms with Crippen LogP contribution >= 0.6 is 11.6 Å². The molecule has 4 aromatic rings. The Labute approximate surface area is 248 Å². The first-order chi connectivity index (χ1) is 19.4. The molecule has 0 bridgehead atoms. The molecule has 0 amide bonds. The molecule has 1 aromatic heterocycles. The van der Waals surface area contributed by atoms with Crippen LogP contribution in [0.5, 0.6) is 5.75 Å². The summed E-state index contributed by atoms with van der Waals surface area (Å²) in [7, 11) is 0. The molecule has 0 unspecified atom stereocenters. The van der Waals surface area contributed by atoms with E-state index < -0.39 is 12.1 Å². The Bertz CT molecular complexity index is 1580. The lowest BCUT2D eigenvalue weighted by Gasteiger charge is -2.20. The van der Waals surface area contributed by atoms with Gasteiger partial charge in [-0.05, 0) is 78.8 Å². The van der Waals surface area contributed by atoms with Crippen LogP contribution in [0.4, 0.5) is 0 Å². The van der Waals surface area contributed by atoms with E-state index in [0.29, 0.717) is 23.2 Å². The third-order valence-corrected chi connectivity index (χ3v) is 8.21. The summed E-state index contributed by atoms with van der Waals surface area (Å²) in [6.45, 7) is 19.5. The quantitative estimate of drug-likeness (QED) is 0.188. The summed E-state index contributed by atoms with van der Waals surface area (Å²) in [5.41, 5.74) is 8.99. The number of hydrogen-bond acceptors (Lipinski definition) is 3. The smallest absolute Gasteiger partial charge is 0.345 e. The molecule has 0 saturated heterocycles. The molecule has 4 rings (SSSR count). The molecule has 0 radical (unpaired) electrons. The lowest BCUT2D eigenvalue weighted by Crippen LogP contribution is -2.32. The number of carbonyl (C=O) groups is 1. The lowest BCUT2D eigenvalue weighted by molar-refractivity contribution is -0.147. The Hall–Kier alpha value is -3.70. The van der Waals surface area contributed by atoms with Gasteiger partial charge in [0.05, 0.1) is 5.02 Å². The molecule has 1 heterocycles. The molecule has 0 spiro atoms. The number of aliphatic carboxylic acids is 1. The Morgan fingerprint density at radius 3 is 2.37 bits per heavy atom. The van der Waals surface area contributed by atoms with Gasteiger partial charge >= 0.3 is 5.97 Å². The van der Waals surface area contributed by atoms with Crippen LogP contribution in [0.25, 0.3) is 16.6 Å². The Balaban J connectivity index is 1.58. The number of benzene rings is 3. The Morgan fingerprint density at radius 2 is 1.71 bits per heavy atom. The average molecular weight is 573 g/mol. The zero-order valence-corrected chi connectivity index (χ0v) is 25.8. The van der Waals surface area contributed by atoms with Crippen LogP contribution in [0.1, 0.15) is 80.1 Å². The fraction of sp³-hybridized carbons (Fsp3) is 0.343. The number of rotatable bonds is 11. The first kappa shape index (κ1) is 30.3. The van der Waals surface area contributed by atoms with Crippen LogP contribution in [-0.4, -0.2) is 21.7 Å². The van der Waals surface area contributed by atoms with Crippen LogP contribution in [0.2, 0.25) is 5.02 Å². The molecule has 0 saturated carbocycles. The fourth-order valence-electron chi connectivity index (χ4n) is 5.18. The molecule has 6 heteroatoms. The van der Waals surface area contributed by atoms with Crippen molar-refractivity contribution in [3.63, 3.8) is 0 Å². The maximum atomic E-state index is 11.7. The van der Waals surface area contributed by atoms with E-state index in [9.17, 15) is 9.90 Å². The van der Waals surface area contributed by atoms with Crippen molar-refractivity contribution in [1.82, 2.24) is 9.88 Å². The molecule has 2 N–H and O–H groups in total. The first-order valence-corrected chi connectivity index (χ1v) is 14.6. The van der Waals surface area contributed by atoms with E-state index in [-0.39, 0.29) is 12.0 Å². The number of aromatic nitrogens is 1. The van der Waals surface area contributed by atoms with Gasteiger partial charge in [-0.15, -0.1) is 0 Å².